The van der Waals surface area contributed by atoms with E-state index in [2.05, 4.69) is 13.8 Å². The fourth-order valence-corrected chi connectivity index (χ4v) is 5.92. The van der Waals surface area contributed by atoms with Gasteiger partial charge in [-0.1, -0.05) is 39.8 Å². The average Bonchev–Trinajstić information content (AvgIpc) is 2.83. The topological polar surface area (TPSA) is 83.5 Å². The van der Waals surface area contributed by atoms with Crippen molar-refractivity contribution in [1.82, 2.24) is 0 Å². The fraction of sp³-hybridized carbons (Fsp3) is 0.750. The third-order valence-electron chi connectivity index (χ3n) is 8.33. The molecule has 2 fully saturated rings. The molecule has 1 aromatic rings. The summed E-state index contributed by atoms with van der Waals surface area (Å²) < 4.78 is 29.2. The van der Waals surface area contributed by atoms with Crippen LogP contribution in [0.15, 0.2) is 24.3 Å². The zero-order valence-electron chi connectivity index (χ0n) is 22.3. The van der Waals surface area contributed by atoms with Crippen molar-refractivity contribution in [1.29, 1.82) is 0 Å². The van der Waals surface area contributed by atoms with E-state index in [0.29, 0.717) is 39.1 Å². The van der Waals surface area contributed by atoms with E-state index in [0.717, 1.165) is 24.2 Å². The SMILES string of the molecule is COCCOCO[C@@H]1[C@H](OCc2ccc(OC)cc2)C2CCC(=O)C(O)(CCCC1(C)C)C2(C)C. The van der Waals surface area contributed by atoms with Crippen LogP contribution in [0.1, 0.15) is 65.4 Å². The minimum Gasteiger partial charge on any atom is -0.497 e. The van der Waals surface area contributed by atoms with E-state index < -0.39 is 11.0 Å². The van der Waals surface area contributed by atoms with Gasteiger partial charge in [-0.15, -0.1) is 0 Å². The fourth-order valence-electron chi connectivity index (χ4n) is 5.92. The molecule has 7 heteroatoms. The van der Waals surface area contributed by atoms with Crippen molar-refractivity contribution in [3.63, 3.8) is 0 Å². The van der Waals surface area contributed by atoms with Gasteiger partial charge in [-0.05, 0) is 54.7 Å². The van der Waals surface area contributed by atoms with Gasteiger partial charge in [0.2, 0.25) is 0 Å². The Hall–Kier alpha value is -1.51. The van der Waals surface area contributed by atoms with E-state index in [9.17, 15) is 9.90 Å². The first-order valence-electron chi connectivity index (χ1n) is 12.8. The summed E-state index contributed by atoms with van der Waals surface area (Å²) in [6.07, 6.45) is 2.40. The Morgan fingerprint density at radius 1 is 1.00 bits per heavy atom. The maximum absolute atomic E-state index is 13.0. The lowest BCUT2D eigenvalue weighted by molar-refractivity contribution is -0.218. The van der Waals surface area contributed by atoms with Gasteiger partial charge in [0, 0.05) is 18.9 Å². The number of hydrogen-bond donors (Lipinski definition) is 1. The Labute approximate surface area is 210 Å². The third-order valence-corrected chi connectivity index (χ3v) is 8.33. The maximum Gasteiger partial charge on any atom is 0.164 e. The summed E-state index contributed by atoms with van der Waals surface area (Å²) in [5.74, 6) is 0.682. The zero-order chi connectivity index (χ0) is 25.7. The lowest BCUT2D eigenvalue weighted by Crippen LogP contribution is -2.62. The zero-order valence-corrected chi connectivity index (χ0v) is 22.3. The van der Waals surface area contributed by atoms with Crippen molar-refractivity contribution < 1.29 is 33.6 Å². The molecular formula is C28H44O7. The summed E-state index contributed by atoms with van der Waals surface area (Å²) in [6, 6.07) is 7.83. The van der Waals surface area contributed by atoms with Crippen LogP contribution < -0.4 is 4.74 Å². The van der Waals surface area contributed by atoms with Crippen molar-refractivity contribution in [3.8, 4) is 5.75 Å². The van der Waals surface area contributed by atoms with Crippen LogP contribution in [0.2, 0.25) is 0 Å². The Morgan fingerprint density at radius 3 is 2.37 bits per heavy atom. The molecule has 0 heterocycles. The molecule has 1 aromatic carbocycles. The molecule has 4 atom stereocenters. The molecule has 2 bridgehead atoms. The molecule has 0 saturated heterocycles. The van der Waals surface area contributed by atoms with Crippen molar-refractivity contribution in [2.45, 2.75) is 84.2 Å². The molecule has 7 nitrogen and oxygen atoms in total. The molecule has 0 aliphatic heterocycles. The average molecular weight is 493 g/mol. The second kappa shape index (κ2) is 11.7. The van der Waals surface area contributed by atoms with Crippen LogP contribution in [0.25, 0.3) is 0 Å². The molecule has 1 N–H and O–H groups in total. The van der Waals surface area contributed by atoms with Crippen molar-refractivity contribution in [2.75, 3.05) is 34.2 Å². The van der Waals surface area contributed by atoms with Crippen LogP contribution >= 0.6 is 0 Å². The van der Waals surface area contributed by atoms with E-state index in [1.165, 1.54) is 0 Å². The highest BCUT2D eigenvalue weighted by Crippen LogP contribution is 2.54. The Kier molecular flexibility index (Phi) is 9.38. The molecule has 0 amide bonds. The van der Waals surface area contributed by atoms with Crippen LogP contribution in [0.5, 0.6) is 5.75 Å². The summed E-state index contributed by atoms with van der Waals surface area (Å²) in [7, 11) is 3.29. The molecular weight excluding hydrogens is 448 g/mol. The Morgan fingerprint density at radius 2 is 1.71 bits per heavy atom. The van der Waals surface area contributed by atoms with Gasteiger partial charge >= 0.3 is 0 Å². The quantitative estimate of drug-likeness (QED) is 0.379. The van der Waals surface area contributed by atoms with Crippen LogP contribution in [0, 0.1) is 16.7 Å². The van der Waals surface area contributed by atoms with Gasteiger partial charge in [0.1, 0.15) is 18.1 Å². The predicted molar refractivity (Wildman–Crippen MR) is 133 cm³/mol. The molecule has 35 heavy (non-hydrogen) atoms. The molecule has 2 aliphatic carbocycles. The largest absolute Gasteiger partial charge is 0.497 e. The van der Waals surface area contributed by atoms with Gasteiger partial charge in [0.05, 0.1) is 39.1 Å². The normalized spacial score (nSPS) is 30.3. The van der Waals surface area contributed by atoms with Gasteiger partial charge in [-0.25, -0.2) is 0 Å². The van der Waals surface area contributed by atoms with E-state index in [1.54, 1.807) is 14.2 Å². The third kappa shape index (κ3) is 6.08. The number of carbonyl (C=O) groups excluding carboxylic acids is 1. The van der Waals surface area contributed by atoms with Crippen LogP contribution in [0.4, 0.5) is 0 Å². The second-order valence-electron chi connectivity index (χ2n) is 11.2. The molecule has 0 radical (unpaired) electrons. The molecule has 2 aliphatic rings. The molecule has 198 valence electrons. The molecule has 2 saturated carbocycles. The summed E-state index contributed by atoms with van der Waals surface area (Å²) in [6.45, 7) is 9.88. The molecule has 0 aromatic heterocycles. The summed E-state index contributed by atoms with van der Waals surface area (Å²) in [4.78, 5) is 13.0. The number of ketones is 1. The highest BCUT2D eigenvalue weighted by molar-refractivity contribution is 5.89. The van der Waals surface area contributed by atoms with E-state index in [1.807, 2.05) is 38.1 Å². The van der Waals surface area contributed by atoms with Crippen LogP contribution in [0.3, 0.4) is 0 Å². The van der Waals surface area contributed by atoms with Gasteiger partial charge in [-0.3, -0.25) is 4.79 Å². The van der Waals surface area contributed by atoms with Gasteiger partial charge in [-0.2, -0.15) is 0 Å². The van der Waals surface area contributed by atoms with Gasteiger partial charge in [0.25, 0.3) is 0 Å². The number of ether oxygens (including phenoxy) is 5. The first-order chi connectivity index (χ1) is 16.6. The van der Waals surface area contributed by atoms with E-state index >= 15 is 0 Å². The minimum atomic E-state index is -1.36. The predicted octanol–water partition coefficient (Wildman–Crippen LogP) is 4.53. The van der Waals surface area contributed by atoms with E-state index in [-0.39, 0.29) is 36.1 Å². The standard InChI is InChI=1S/C28H44O7/c1-26(2)14-7-15-28(30)23(29)13-12-22(27(28,3)4)24(25(26)35-19-33-17-16-31-5)34-18-20-8-10-21(32-6)11-9-20/h8-11,22,24-25,30H,7,12-19H2,1-6H3/t22?,24-,25-,28?/m1/s1. The smallest absolute Gasteiger partial charge is 0.164 e. The highest BCUT2D eigenvalue weighted by Gasteiger charge is 2.60. The monoisotopic (exact) mass is 492 g/mol. The number of aliphatic hydroxyl groups is 1. The Balaban J connectivity index is 1.93. The molecule has 0 spiro atoms. The van der Waals surface area contributed by atoms with Crippen molar-refractivity contribution in [3.05, 3.63) is 29.8 Å². The molecule has 3 rings (SSSR count). The lowest BCUT2D eigenvalue weighted by atomic mass is 9.55. The highest BCUT2D eigenvalue weighted by atomic mass is 16.7. The van der Waals surface area contributed by atoms with Crippen molar-refractivity contribution in [2.24, 2.45) is 16.7 Å². The van der Waals surface area contributed by atoms with Crippen molar-refractivity contribution >= 4 is 5.78 Å². The lowest BCUT2D eigenvalue weighted by Gasteiger charge is -2.53. The first-order valence-corrected chi connectivity index (χ1v) is 12.8. The van der Waals surface area contributed by atoms with Crippen LogP contribution in [-0.2, 0) is 30.3 Å². The summed E-state index contributed by atoms with van der Waals surface area (Å²) >= 11 is 0. The number of rotatable bonds is 10. The van der Waals surface area contributed by atoms with E-state index in [4.69, 9.17) is 23.7 Å². The number of carbonyl (C=O) groups is 1. The first kappa shape index (κ1) is 28.1. The number of fused-ring (bicyclic) bond motifs is 2. The van der Waals surface area contributed by atoms with Gasteiger partial charge < -0.3 is 28.8 Å². The number of benzene rings is 1. The number of hydrogen-bond acceptors (Lipinski definition) is 7. The van der Waals surface area contributed by atoms with Gasteiger partial charge in [0.15, 0.2) is 5.78 Å². The maximum atomic E-state index is 13.0. The van der Waals surface area contributed by atoms with Crippen LogP contribution in [-0.4, -0.2) is 62.9 Å². The number of Topliss-reactive ketones (excluding diaryl/α,β-unsaturated/α-hetero) is 1. The second-order valence-corrected chi connectivity index (χ2v) is 11.2. The summed E-state index contributed by atoms with van der Waals surface area (Å²) in [5.41, 5.74) is -1.25. The number of methoxy groups -OCH3 is 2. The summed E-state index contributed by atoms with van der Waals surface area (Å²) in [5, 5.41) is 11.7. The molecule has 2 unspecified atom stereocenters. The Bertz CT molecular complexity index is 819. The minimum absolute atomic E-state index is 0.0484.